The van der Waals surface area contributed by atoms with Gasteiger partial charge in [0.1, 0.15) is 0 Å². The van der Waals surface area contributed by atoms with E-state index in [1.807, 2.05) is 0 Å². The molecule has 1 N–H and O–H groups in total. The first-order valence-electron chi connectivity index (χ1n) is 6.56. The molecule has 0 fully saturated rings. The van der Waals surface area contributed by atoms with Crippen LogP contribution < -0.4 is 29.6 Å². The quantitative estimate of drug-likeness (QED) is 0.415. The summed E-state index contributed by atoms with van der Waals surface area (Å²) in [5, 5.41) is 8.21. The summed E-state index contributed by atoms with van der Waals surface area (Å²) in [4.78, 5) is 9.96. The van der Waals surface area contributed by atoms with Crippen molar-refractivity contribution in [3.8, 4) is 0 Å². The van der Waals surface area contributed by atoms with Crippen LogP contribution in [0.1, 0.15) is 61.2 Å². The summed E-state index contributed by atoms with van der Waals surface area (Å²) < 4.78 is 0. The Bertz CT molecular complexity index is 150. The predicted molar refractivity (Wildman–Crippen MR) is 76.0 cm³/mol. The Hall–Kier alpha value is 0.900. The Kier molecular flexibility index (Phi) is 26.1. The van der Waals surface area contributed by atoms with Crippen molar-refractivity contribution in [3.05, 3.63) is 0 Å². The second-order valence-corrected chi connectivity index (χ2v) is 7.06. The van der Waals surface area contributed by atoms with Gasteiger partial charge in [0.15, 0.2) is 0 Å². The van der Waals surface area contributed by atoms with E-state index in [-0.39, 0.29) is 31.0 Å². The molecule has 0 aromatic carbocycles. The molecule has 0 amide bonds. The molecule has 4 heteroatoms. The molecule has 0 saturated heterocycles. The average molecular weight is 272 g/mol. The zero-order valence-corrected chi connectivity index (χ0v) is 15.4. The molecule has 0 aromatic heterocycles. The fraction of sp³-hybridized carbons (Fsp3) is 0.923. The number of carbonyl (C=O) groups is 1. The molecular formula is C13H30NaO2P. The van der Waals surface area contributed by atoms with Crippen LogP contribution in [-0.2, 0) is 4.79 Å². The molecule has 0 atom stereocenters. The standard InChI is InChI=1S/C7H14O2.C6H15P.Na.H/c1-2-3-4-5-6-7(8)9;1-4-7(5-2)6-3;;/h2-6H2,1H3,(H,8,9);4-6H2,1-3H3;;/q;;+1;-1. The Balaban J connectivity index is -0.000000100. The first-order valence-corrected chi connectivity index (χ1v) is 8.46. The van der Waals surface area contributed by atoms with Crippen LogP contribution >= 0.6 is 7.92 Å². The molecule has 0 saturated carbocycles. The van der Waals surface area contributed by atoms with Crippen LogP contribution in [0.25, 0.3) is 0 Å². The second-order valence-electron chi connectivity index (χ2n) is 3.82. The molecule has 0 rings (SSSR count). The molecule has 0 unspecified atom stereocenters. The van der Waals surface area contributed by atoms with Gasteiger partial charge in [-0.2, -0.15) is 0 Å². The molecule has 0 aliphatic heterocycles. The van der Waals surface area contributed by atoms with E-state index in [4.69, 9.17) is 5.11 Å². The van der Waals surface area contributed by atoms with Gasteiger partial charge in [-0.05, 0) is 24.9 Å². The van der Waals surface area contributed by atoms with Crippen LogP contribution in [0.3, 0.4) is 0 Å². The van der Waals surface area contributed by atoms with Crippen molar-refractivity contribution in [2.75, 3.05) is 18.5 Å². The van der Waals surface area contributed by atoms with Crippen LogP contribution in [0.15, 0.2) is 0 Å². The van der Waals surface area contributed by atoms with Crippen molar-refractivity contribution < 1.29 is 40.9 Å². The third-order valence-corrected chi connectivity index (χ3v) is 5.27. The summed E-state index contributed by atoms with van der Waals surface area (Å²) in [5.74, 6) is -0.675. The molecule has 0 bridgehead atoms. The molecule has 100 valence electrons. The molecule has 2 nitrogen and oxygen atoms in total. The molecule has 0 spiro atoms. The van der Waals surface area contributed by atoms with E-state index < -0.39 is 5.97 Å². The molecule has 17 heavy (non-hydrogen) atoms. The normalized spacial score (nSPS) is 9.24. The topological polar surface area (TPSA) is 37.3 Å². The fourth-order valence-electron chi connectivity index (χ4n) is 1.37. The number of hydrogen-bond acceptors (Lipinski definition) is 1. The van der Waals surface area contributed by atoms with Gasteiger partial charge in [0.25, 0.3) is 0 Å². The van der Waals surface area contributed by atoms with Crippen LogP contribution in [-0.4, -0.2) is 29.6 Å². The summed E-state index contributed by atoms with van der Waals surface area (Å²) in [6.07, 6.45) is 8.81. The number of hydrogen-bond donors (Lipinski definition) is 1. The number of unbranched alkanes of at least 4 members (excludes halogenated alkanes) is 3. The van der Waals surface area contributed by atoms with E-state index in [1.54, 1.807) is 0 Å². The Morgan fingerprint density at radius 1 is 1.00 bits per heavy atom. The largest absolute Gasteiger partial charge is 1.00 e. The molecule has 0 aliphatic carbocycles. The van der Waals surface area contributed by atoms with Gasteiger partial charge in [-0.1, -0.05) is 47.0 Å². The van der Waals surface area contributed by atoms with Crippen LogP contribution in [0.4, 0.5) is 0 Å². The Labute approximate surface area is 132 Å². The van der Waals surface area contributed by atoms with E-state index in [2.05, 4.69) is 27.7 Å². The van der Waals surface area contributed by atoms with Gasteiger partial charge >= 0.3 is 35.5 Å². The first-order chi connectivity index (χ1) is 7.62. The van der Waals surface area contributed by atoms with E-state index in [9.17, 15) is 4.79 Å². The predicted octanol–water partition coefficient (Wildman–Crippen LogP) is 1.69. The zero-order valence-electron chi connectivity index (χ0n) is 13.5. The van der Waals surface area contributed by atoms with Crippen molar-refractivity contribution in [2.45, 2.75) is 59.8 Å². The minimum atomic E-state index is -0.675. The number of rotatable bonds is 8. The van der Waals surface area contributed by atoms with Crippen molar-refractivity contribution in [1.29, 1.82) is 0 Å². The molecular weight excluding hydrogens is 242 g/mol. The monoisotopic (exact) mass is 272 g/mol. The van der Waals surface area contributed by atoms with Crippen LogP contribution in [0.2, 0.25) is 0 Å². The van der Waals surface area contributed by atoms with Gasteiger partial charge in [-0.3, -0.25) is 4.79 Å². The maximum absolute atomic E-state index is 9.96. The number of carboxylic acid groups (broad SMARTS) is 1. The zero-order chi connectivity index (χ0) is 12.8. The third-order valence-electron chi connectivity index (χ3n) is 2.59. The van der Waals surface area contributed by atoms with Gasteiger partial charge in [-0.15, -0.1) is 7.92 Å². The fourth-order valence-corrected chi connectivity index (χ4v) is 2.72. The second kappa shape index (κ2) is 19.2. The van der Waals surface area contributed by atoms with Gasteiger partial charge in [-0.25, -0.2) is 0 Å². The van der Waals surface area contributed by atoms with Gasteiger partial charge in [0.2, 0.25) is 0 Å². The number of aliphatic carboxylic acids is 1. The molecule has 0 heterocycles. The molecule has 0 radical (unpaired) electrons. The minimum absolute atomic E-state index is 0. The van der Waals surface area contributed by atoms with Gasteiger partial charge < -0.3 is 6.53 Å². The SMILES string of the molecule is CCCCCCC(=O)O.CCP(CC)CC.[H-].[Na+]. The van der Waals surface area contributed by atoms with E-state index in [1.165, 1.54) is 24.9 Å². The van der Waals surface area contributed by atoms with Crippen LogP contribution in [0.5, 0.6) is 0 Å². The van der Waals surface area contributed by atoms with Crippen molar-refractivity contribution in [3.63, 3.8) is 0 Å². The summed E-state index contributed by atoms with van der Waals surface area (Å²) in [6.45, 7) is 8.98. The van der Waals surface area contributed by atoms with E-state index in [0.717, 1.165) is 19.3 Å². The smallest absolute Gasteiger partial charge is 1.00 e. The van der Waals surface area contributed by atoms with Gasteiger partial charge in [0.05, 0.1) is 0 Å². The Morgan fingerprint density at radius 2 is 1.47 bits per heavy atom. The first kappa shape index (κ1) is 23.0. The van der Waals surface area contributed by atoms with Crippen molar-refractivity contribution >= 4 is 13.9 Å². The van der Waals surface area contributed by atoms with E-state index in [0.29, 0.717) is 14.3 Å². The Morgan fingerprint density at radius 3 is 1.71 bits per heavy atom. The summed E-state index contributed by atoms with van der Waals surface area (Å²) in [6, 6.07) is 0. The van der Waals surface area contributed by atoms with Crippen LogP contribution in [0, 0.1) is 0 Å². The molecule has 0 aliphatic rings. The third kappa shape index (κ3) is 22.5. The maximum Gasteiger partial charge on any atom is 1.00 e. The van der Waals surface area contributed by atoms with Crippen molar-refractivity contribution in [2.24, 2.45) is 0 Å². The van der Waals surface area contributed by atoms with Gasteiger partial charge in [0, 0.05) is 6.42 Å². The maximum atomic E-state index is 9.96. The summed E-state index contributed by atoms with van der Waals surface area (Å²) in [5.41, 5.74) is 0. The molecule has 0 aromatic rings. The minimum Gasteiger partial charge on any atom is -1.00 e. The van der Waals surface area contributed by atoms with Crippen molar-refractivity contribution in [1.82, 2.24) is 0 Å². The summed E-state index contributed by atoms with van der Waals surface area (Å²) >= 11 is 0. The van der Waals surface area contributed by atoms with E-state index >= 15 is 0 Å². The number of carboxylic acids is 1. The summed E-state index contributed by atoms with van der Waals surface area (Å²) in [7, 11) is 0.446. The average Bonchev–Trinajstić information content (AvgIpc) is 2.28.